The predicted molar refractivity (Wildman–Crippen MR) is 71.5 cm³/mol. The average molecular weight is 243 g/mol. The van der Waals surface area contributed by atoms with Gasteiger partial charge in [0.05, 0.1) is 6.61 Å². The molecule has 94 valence electrons. The summed E-state index contributed by atoms with van der Waals surface area (Å²) in [6, 6.07) is 15.1. The molecule has 3 N–H and O–H groups in total. The molecule has 3 heteroatoms. The van der Waals surface area contributed by atoms with Crippen molar-refractivity contribution in [1.82, 2.24) is 0 Å². The Labute approximate surface area is 107 Å². The van der Waals surface area contributed by atoms with Crippen molar-refractivity contribution in [3.8, 4) is 11.5 Å². The zero-order valence-electron chi connectivity index (χ0n) is 10.3. The highest BCUT2D eigenvalue weighted by Gasteiger charge is 2.04. The van der Waals surface area contributed by atoms with Crippen LogP contribution in [0.1, 0.15) is 24.1 Å². The maximum absolute atomic E-state index is 9.22. The van der Waals surface area contributed by atoms with Gasteiger partial charge in [-0.1, -0.05) is 30.3 Å². The third-order valence-corrected chi connectivity index (χ3v) is 2.78. The molecule has 2 aromatic carbocycles. The maximum Gasteiger partial charge on any atom is 0.132 e. The number of hydrogen-bond acceptors (Lipinski definition) is 3. The van der Waals surface area contributed by atoms with Crippen LogP contribution in [0.4, 0.5) is 0 Å². The quantitative estimate of drug-likeness (QED) is 0.868. The maximum atomic E-state index is 9.22. The molecule has 1 atom stereocenters. The molecular weight excluding hydrogens is 226 g/mol. The second-order valence-electron chi connectivity index (χ2n) is 4.23. The van der Waals surface area contributed by atoms with Crippen molar-refractivity contribution in [1.29, 1.82) is 0 Å². The molecule has 0 aliphatic heterocycles. The number of aliphatic hydroxyl groups excluding tert-OH is 1. The molecule has 0 unspecified atom stereocenters. The van der Waals surface area contributed by atoms with Gasteiger partial charge in [0.1, 0.15) is 11.5 Å². The number of benzene rings is 2. The van der Waals surface area contributed by atoms with E-state index < -0.39 is 0 Å². The molecule has 18 heavy (non-hydrogen) atoms. The Hall–Kier alpha value is -1.84. The van der Waals surface area contributed by atoms with Gasteiger partial charge in [0.2, 0.25) is 0 Å². The lowest BCUT2D eigenvalue weighted by Crippen LogP contribution is -2.04. The van der Waals surface area contributed by atoms with Crippen LogP contribution in [-0.4, -0.2) is 5.11 Å². The van der Waals surface area contributed by atoms with E-state index in [0.29, 0.717) is 5.75 Å². The summed E-state index contributed by atoms with van der Waals surface area (Å²) >= 11 is 0. The first-order chi connectivity index (χ1) is 8.70. The lowest BCUT2D eigenvalue weighted by atomic mass is 10.1. The highest BCUT2D eigenvalue weighted by Crippen LogP contribution is 2.26. The van der Waals surface area contributed by atoms with E-state index in [-0.39, 0.29) is 12.6 Å². The summed E-state index contributed by atoms with van der Waals surface area (Å²) in [6.07, 6.45) is 0. The van der Waals surface area contributed by atoms with E-state index in [1.807, 2.05) is 55.5 Å². The normalized spacial score (nSPS) is 12.2. The third-order valence-electron chi connectivity index (χ3n) is 2.78. The van der Waals surface area contributed by atoms with Crippen LogP contribution in [0, 0.1) is 0 Å². The van der Waals surface area contributed by atoms with Crippen molar-refractivity contribution < 1.29 is 9.84 Å². The van der Waals surface area contributed by atoms with Gasteiger partial charge in [0, 0.05) is 11.6 Å². The van der Waals surface area contributed by atoms with E-state index in [4.69, 9.17) is 10.5 Å². The van der Waals surface area contributed by atoms with Crippen molar-refractivity contribution in [2.45, 2.75) is 19.6 Å². The Morgan fingerprint density at radius 3 is 2.39 bits per heavy atom. The van der Waals surface area contributed by atoms with Crippen LogP contribution < -0.4 is 10.5 Å². The van der Waals surface area contributed by atoms with Crippen LogP contribution in [-0.2, 0) is 6.61 Å². The largest absolute Gasteiger partial charge is 0.457 e. The van der Waals surface area contributed by atoms with Gasteiger partial charge in [0.15, 0.2) is 0 Å². The molecule has 2 rings (SSSR count). The first-order valence-corrected chi connectivity index (χ1v) is 5.93. The highest BCUT2D eigenvalue weighted by molar-refractivity contribution is 5.38. The second kappa shape index (κ2) is 5.67. The van der Waals surface area contributed by atoms with Crippen LogP contribution in [0.25, 0.3) is 0 Å². The second-order valence-corrected chi connectivity index (χ2v) is 4.23. The topological polar surface area (TPSA) is 55.5 Å². The summed E-state index contributed by atoms with van der Waals surface area (Å²) in [7, 11) is 0. The molecule has 0 amide bonds. The molecule has 0 heterocycles. The summed E-state index contributed by atoms with van der Waals surface area (Å²) in [4.78, 5) is 0. The molecule has 0 aliphatic carbocycles. The van der Waals surface area contributed by atoms with E-state index in [1.165, 1.54) is 0 Å². The lowest BCUT2D eigenvalue weighted by molar-refractivity contribution is 0.276. The van der Waals surface area contributed by atoms with Crippen LogP contribution in [0.2, 0.25) is 0 Å². The van der Waals surface area contributed by atoms with Gasteiger partial charge >= 0.3 is 0 Å². The predicted octanol–water partition coefficient (Wildman–Crippen LogP) is 2.99. The Balaban J connectivity index is 2.18. The van der Waals surface area contributed by atoms with Crippen molar-refractivity contribution in [2.75, 3.05) is 0 Å². The molecule has 2 aromatic rings. The summed E-state index contributed by atoms with van der Waals surface area (Å²) in [5, 5.41) is 9.22. The molecule has 0 bridgehead atoms. The molecule has 0 aromatic heterocycles. The fourth-order valence-corrected chi connectivity index (χ4v) is 1.70. The monoisotopic (exact) mass is 243 g/mol. The summed E-state index contributed by atoms with van der Waals surface area (Å²) in [5.41, 5.74) is 7.63. The minimum atomic E-state index is -0.0336. The van der Waals surface area contributed by atoms with Crippen LogP contribution in [0.15, 0.2) is 48.5 Å². The number of nitrogens with two attached hydrogens (primary N) is 1. The number of rotatable bonds is 4. The molecule has 0 spiro atoms. The minimum Gasteiger partial charge on any atom is -0.457 e. The Morgan fingerprint density at radius 1 is 1.11 bits per heavy atom. The molecular formula is C15H17NO2. The number of para-hydroxylation sites is 1. The van der Waals surface area contributed by atoms with Gasteiger partial charge in [-0.3, -0.25) is 0 Å². The minimum absolute atomic E-state index is 0.0174. The zero-order valence-corrected chi connectivity index (χ0v) is 10.3. The number of ether oxygens (including phenoxy) is 1. The zero-order chi connectivity index (χ0) is 13.0. The van der Waals surface area contributed by atoms with Gasteiger partial charge in [-0.15, -0.1) is 0 Å². The van der Waals surface area contributed by atoms with Crippen LogP contribution >= 0.6 is 0 Å². The molecule has 0 aliphatic rings. The van der Waals surface area contributed by atoms with E-state index in [2.05, 4.69) is 0 Å². The van der Waals surface area contributed by atoms with Gasteiger partial charge in [-0.2, -0.15) is 0 Å². The lowest BCUT2D eigenvalue weighted by Gasteiger charge is -2.11. The summed E-state index contributed by atoms with van der Waals surface area (Å²) < 4.78 is 5.73. The summed E-state index contributed by atoms with van der Waals surface area (Å²) in [6.45, 7) is 1.91. The van der Waals surface area contributed by atoms with Crippen molar-refractivity contribution in [2.24, 2.45) is 5.73 Å². The van der Waals surface area contributed by atoms with Crippen molar-refractivity contribution in [3.05, 3.63) is 59.7 Å². The van der Waals surface area contributed by atoms with Gasteiger partial charge in [-0.25, -0.2) is 0 Å². The van der Waals surface area contributed by atoms with E-state index >= 15 is 0 Å². The smallest absolute Gasteiger partial charge is 0.132 e. The van der Waals surface area contributed by atoms with Crippen LogP contribution in [0.3, 0.4) is 0 Å². The highest BCUT2D eigenvalue weighted by atomic mass is 16.5. The first-order valence-electron chi connectivity index (χ1n) is 5.93. The molecule has 0 saturated carbocycles. The standard InChI is InChI=1S/C15H17NO2/c1-11(16)12-6-8-14(9-7-12)18-15-5-3-2-4-13(15)10-17/h2-9,11,17H,10,16H2,1H3/t11-/m0/s1. The summed E-state index contributed by atoms with van der Waals surface area (Å²) in [5.74, 6) is 1.41. The van der Waals surface area contributed by atoms with E-state index in [9.17, 15) is 5.11 Å². The Bertz CT molecular complexity index is 506. The molecule has 0 saturated heterocycles. The Morgan fingerprint density at radius 2 is 1.78 bits per heavy atom. The third kappa shape index (κ3) is 2.88. The van der Waals surface area contributed by atoms with Crippen molar-refractivity contribution in [3.63, 3.8) is 0 Å². The first kappa shape index (κ1) is 12.6. The molecule has 3 nitrogen and oxygen atoms in total. The van der Waals surface area contributed by atoms with Gasteiger partial charge in [0.25, 0.3) is 0 Å². The molecule has 0 radical (unpaired) electrons. The van der Waals surface area contributed by atoms with Gasteiger partial charge < -0.3 is 15.6 Å². The van der Waals surface area contributed by atoms with Gasteiger partial charge in [-0.05, 0) is 30.7 Å². The van der Waals surface area contributed by atoms with Crippen LogP contribution in [0.5, 0.6) is 11.5 Å². The SMILES string of the molecule is C[C@H](N)c1ccc(Oc2ccccc2CO)cc1. The van der Waals surface area contributed by atoms with E-state index in [0.717, 1.165) is 16.9 Å². The number of hydrogen-bond donors (Lipinski definition) is 2. The number of aliphatic hydroxyl groups is 1. The average Bonchev–Trinajstić information content (AvgIpc) is 2.40. The fourth-order valence-electron chi connectivity index (χ4n) is 1.70. The molecule has 0 fully saturated rings. The van der Waals surface area contributed by atoms with E-state index in [1.54, 1.807) is 0 Å². The fraction of sp³-hybridized carbons (Fsp3) is 0.200. The Kier molecular flexibility index (Phi) is 3.97. The van der Waals surface area contributed by atoms with Crippen molar-refractivity contribution >= 4 is 0 Å².